The van der Waals surface area contributed by atoms with E-state index in [-0.39, 0.29) is 0 Å². The second-order valence-corrected chi connectivity index (χ2v) is 5.95. The van der Waals surface area contributed by atoms with Crippen LogP contribution in [0.1, 0.15) is 10.4 Å². The maximum Gasteiger partial charge on any atom is 0.259 e. The number of aromatic nitrogens is 2. The summed E-state index contributed by atoms with van der Waals surface area (Å²) in [5.41, 5.74) is -0.511. The van der Waals surface area contributed by atoms with Crippen molar-refractivity contribution in [3.05, 3.63) is 47.5 Å². The van der Waals surface area contributed by atoms with Gasteiger partial charge in [-0.3, -0.25) is 4.79 Å². The number of amides is 1. The first-order valence-corrected chi connectivity index (χ1v) is 8.54. The van der Waals surface area contributed by atoms with Crippen LogP contribution in [0.4, 0.5) is 14.6 Å². The lowest BCUT2D eigenvalue weighted by atomic mass is 10.1. The fourth-order valence-corrected chi connectivity index (χ4v) is 2.79. The van der Waals surface area contributed by atoms with Crippen LogP contribution >= 0.6 is 0 Å². The summed E-state index contributed by atoms with van der Waals surface area (Å²) in [6.07, 6.45) is 0. The third kappa shape index (κ3) is 4.48. The second kappa shape index (κ2) is 8.72. The number of halogens is 2. The van der Waals surface area contributed by atoms with Crippen LogP contribution in [-0.4, -0.2) is 67.5 Å². The molecule has 0 aliphatic carbocycles. The lowest BCUT2D eigenvalue weighted by Gasteiger charge is -2.35. The number of methoxy groups -OCH3 is 1. The van der Waals surface area contributed by atoms with Gasteiger partial charge in [0.15, 0.2) is 5.82 Å². The van der Waals surface area contributed by atoms with E-state index in [1.54, 1.807) is 19.2 Å². The zero-order valence-electron chi connectivity index (χ0n) is 14.9. The average Bonchev–Trinajstić information content (AvgIpc) is 2.69. The number of ether oxygens (including phenoxy) is 2. The van der Waals surface area contributed by atoms with E-state index in [4.69, 9.17) is 9.47 Å². The molecule has 0 N–H and O–H groups in total. The van der Waals surface area contributed by atoms with Gasteiger partial charge in [0, 0.05) is 39.4 Å². The predicted octanol–water partition coefficient (Wildman–Crippen LogP) is 1.74. The minimum Gasteiger partial charge on any atom is -0.474 e. The molecule has 7 nitrogen and oxygen atoms in total. The monoisotopic (exact) mass is 378 g/mol. The fraction of sp³-hybridized carbons (Fsp3) is 0.389. The van der Waals surface area contributed by atoms with Crippen LogP contribution in [0.5, 0.6) is 5.88 Å². The van der Waals surface area contributed by atoms with Crippen molar-refractivity contribution in [2.24, 2.45) is 0 Å². The van der Waals surface area contributed by atoms with Crippen LogP contribution in [0.15, 0.2) is 30.3 Å². The summed E-state index contributed by atoms with van der Waals surface area (Å²) >= 11 is 0. The smallest absolute Gasteiger partial charge is 0.259 e. The highest BCUT2D eigenvalue weighted by Gasteiger charge is 2.27. The van der Waals surface area contributed by atoms with Crippen molar-refractivity contribution in [2.45, 2.75) is 0 Å². The third-order valence-electron chi connectivity index (χ3n) is 4.23. The van der Waals surface area contributed by atoms with Crippen molar-refractivity contribution in [1.82, 2.24) is 15.1 Å². The molecular formula is C18H20F2N4O3. The Balaban J connectivity index is 1.58. The van der Waals surface area contributed by atoms with Gasteiger partial charge in [-0.15, -0.1) is 10.2 Å². The summed E-state index contributed by atoms with van der Waals surface area (Å²) in [6.45, 7) is 2.49. The summed E-state index contributed by atoms with van der Waals surface area (Å²) in [6, 6.07) is 6.89. The normalized spacial score (nSPS) is 14.3. The first-order chi connectivity index (χ1) is 13.1. The zero-order chi connectivity index (χ0) is 19.2. The molecule has 0 atom stereocenters. The van der Waals surface area contributed by atoms with E-state index in [0.29, 0.717) is 51.1 Å². The Hall–Kier alpha value is -2.81. The summed E-state index contributed by atoms with van der Waals surface area (Å²) < 4.78 is 37.9. The molecule has 144 valence electrons. The molecule has 3 rings (SSSR count). The minimum absolute atomic E-state index is 0.334. The summed E-state index contributed by atoms with van der Waals surface area (Å²) in [5, 5.41) is 8.13. The van der Waals surface area contributed by atoms with Gasteiger partial charge in [0.25, 0.3) is 5.91 Å². The SMILES string of the molecule is COCCOc1ccc(N2CCN(C(=O)c3c(F)cccc3F)CC2)nn1. The molecule has 0 unspecified atom stereocenters. The molecule has 1 aliphatic rings. The van der Waals surface area contributed by atoms with E-state index < -0.39 is 23.1 Å². The molecule has 2 aromatic rings. The van der Waals surface area contributed by atoms with Crippen molar-refractivity contribution in [1.29, 1.82) is 0 Å². The maximum atomic E-state index is 13.8. The molecule has 0 bridgehead atoms. The molecule has 27 heavy (non-hydrogen) atoms. The molecule has 1 aromatic carbocycles. The van der Waals surface area contributed by atoms with Crippen molar-refractivity contribution >= 4 is 11.7 Å². The van der Waals surface area contributed by atoms with Crippen LogP contribution in [0.25, 0.3) is 0 Å². The van der Waals surface area contributed by atoms with Gasteiger partial charge >= 0.3 is 0 Å². The number of carbonyl (C=O) groups is 1. The Morgan fingerprint density at radius 3 is 2.33 bits per heavy atom. The molecule has 1 fully saturated rings. The molecule has 0 saturated carbocycles. The lowest BCUT2D eigenvalue weighted by molar-refractivity contribution is 0.0736. The summed E-state index contributed by atoms with van der Waals surface area (Å²) in [7, 11) is 1.59. The maximum absolute atomic E-state index is 13.8. The van der Waals surface area contributed by atoms with Gasteiger partial charge in [-0.05, 0) is 18.2 Å². The van der Waals surface area contributed by atoms with Gasteiger partial charge < -0.3 is 19.3 Å². The Kier molecular flexibility index (Phi) is 6.12. The summed E-state index contributed by atoms with van der Waals surface area (Å²) in [4.78, 5) is 15.8. The van der Waals surface area contributed by atoms with Gasteiger partial charge in [0.05, 0.1) is 6.61 Å². The van der Waals surface area contributed by atoms with Crippen LogP contribution < -0.4 is 9.64 Å². The molecular weight excluding hydrogens is 358 g/mol. The number of rotatable bonds is 6. The highest BCUT2D eigenvalue weighted by Crippen LogP contribution is 2.19. The van der Waals surface area contributed by atoms with Crippen molar-refractivity contribution < 1.29 is 23.0 Å². The van der Waals surface area contributed by atoms with Gasteiger partial charge in [-0.25, -0.2) is 8.78 Å². The molecule has 1 aromatic heterocycles. The van der Waals surface area contributed by atoms with E-state index in [0.717, 1.165) is 12.1 Å². The van der Waals surface area contributed by atoms with E-state index in [1.807, 2.05) is 4.90 Å². The van der Waals surface area contributed by atoms with Gasteiger partial charge in [-0.2, -0.15) is 0 Å². The second-order valence-electron chi connectivity index (χ2n) is 5.95. The molecule has 1 aliphatic heterocycles. The van der Waals surface area contributed by atoms with Crippen molar-refractivity contribution in [2.75, 3.05) is 51.4 Å². The highest BCUT2D eigenvalue weighted by molar-refractivity contribution is 5.95. The fourth-order valence-electron chi connectivity index (χ4n) is 2.79. The number of hydrogen-bond donors (Lipinski definition) is 0. The minimum atomic E-state index is -0.850. The molecule has 0 radical (unpaired) electrons. The number of anilines is 1. The number of hydrogen-bond acceptors (Lipinski definition) is 6. The van der Waals surface area contributed by atoms with E-state index in [1.165, 1.54) is 11.0 Å². The van der Waals surface area contributed by atoms with Crippen molar-refractivity contribution in [3.63, 3.8) is 0 Å². The van der Waals surface area contributed by atoms with E-state index in [9.17, 15) is 13.6 Å². The first kappa shape index (κ1) is 19.0. The number of benzene rings is 1. The molecule has 1 saturated heterocycles. The number of piperazine rings is 1. The summed E-state index contributed by atoms with van der Waals surface area (Å²) in [5.74, 6) is -1.29. The molecule has 2 heterocycles. The van der Waals surface area contributed by atoms with Crippen LogP contribution in [0.3, 0.4) is 0 Å². The Bertz CT molecular complexity index is 760. The number of carbonyl (C=O) groups excluding carboxylic acids is 1. The average molecular weight is 378 g/mol. The lowest BCUT2D eigenvalue weighted by Crippen LogP contribution is -2.49. The predicted molar refractivity (Wildman–Crippen MR) is 93.9 cm³/mol. The quantitative estimate of drug-likeness (QED) is 0.714. The Morgan fingerprint density at radius 2 is 1.74 bits per heavy atom. The van der Waals surface area contributed by atoms with E-state index >= 15 is 0 Å². The third-order valence-corrected chi connectivity index (χ3v) is 4.23. The standard InChI is InChI=1S/C18H20F2N4O3/c1-26-11-12-27-16-6-5-15(21-22-16)23-7-9-24(10-8-23)18(25)17-13(19)3-2-4-14(17)20/h2-6H,7-12H2,1H3. The molecule has 0 spiro atoms. The van der Waals surface area contributed by atoms with Gasteiger partial charge in [0.2, 0.25) is 5.88 Å². The molecule has 1 amide bonds. The first-order valence-electron chi connectivity index (χ1n) is 8.54. The Labute approximate surface area is 155 Å². The highest BCUT2D eigenvalue weighted by atomic mass is 19.1. The van der Waals surface area contributed by atoms with Crippen LogP contribution in [0.2, 0.25) is 0 Å². The van der Waals surface area contributed by atoms with Gasteiger partial charge in [0.1, 0.15) is 23.8 Å². The van der Waals surface area contributed by atoms with Crippen molar-refractivity contribution in [3.8, 4) is 5.88 Å². The largest absolute Gasteiger partial charge is 0.474 e. The van der Waals surface area contributed by atoms with Gasteiger partial charge in [-0.1, -0.05) is 6.07 Å². The van der Waals surface area contributed by atoms with Crippen LogP contribution in [0, 0.1) is 11.6 Å². The van der Waals surface area contributed by atoms with E-state index in [2.05, 4.69) is 10.2 Å². The zero-order valence-corrected chi connectivity index (χ0v) is 14.9. The Morgan fingerprint density at radius 1 is 1.04 bits per heavy atom. The van der Waals surface area contributed by atoms with Crippen LogP contribution in [-0.2, 0) is 4.74 Å². The molecule has 9 heteroatoms. The number of nitrogens with zero attached hydrogens (tertiary/aromatic N) is 4. The topological polar surface area (TPSA) is 67.8 Å².